The molecule has 0 unspecified atom stereocenters. The molecule has 10 nitrogen and oxygen atoms in total. The monoisotopic (exact) mass is 459 g/mol. The van der Waals surface area contributed by atoms with Crippen LogP contribution in [-0.4, -0.2) is 86.1 Å². The Balaban J connectivity index is 1.56. The Labute approximate surface area is 188 Å². The van der Waals surface area contributed by atoms with Gasteiger partial charge in [-0.25, -0.2) is 15.0 Å². The van der Waals surface area contributed by atoms with Crippen LogP contribution < -0.4 is 4.90 Å². The van der Waals surface area contributed by atoms with Crippen LogP contribution in [0.3, 0.4) is 0 Å². The summed E-state index contributed by atoms with van der Waals surface area (Å²) in [7, 11) is 0. The summed E-state index contributed by atoms with van der Waals surface area (Å²) in [5.74, 6) is 1.29. The van der Waals surface area contributed by atoms with Crippen molar-refractivity contribution in [2.45, 2.75) is 35.3 Å². The van der Waals surface area contributed by atoms with E-state index < -0.39 is 31.1 Å². The van der Waals surface area contributed by atoms with Crippen molar-refractivity contribution >= 4 is 28.9 Å². The fraction of sp³-hybridized carbons (Fsp3) is 0.476. The Hall–Kier alpha value is -2.28. The quantitative estimate of drug-likeness (QED) is 0.356. The largest absolute Gasteiger partial charge is 0.394 e. The number of ether oxygens (including phenoxy) is 2. The van der Waals surface area contributed by atoms with Gasteiger partial charge in [0.25, 0.3) is 0 Å². The van der Waals surface area contributed by atoms with Crippen LogP contribution in [0, 0.1) is 0 Å². The van der Waals surface area contributed by atoms with E-state index in [0.717, 1.165) is 10.8 Å². The van der Waals surface area contributed by atoms with Crippen molar-refractivity contribution in [3.8, 4) is 0 Å². The van der Waals surface area contributed by atoms with Gasteiger partial charge in [-0.2, -0.15) is 0 Å². The van der Waals surface area contributed by atoms with Crippen LogP contribution in [0.4, 0.5) is 5.95 Å². The first-order chi connectivity index (χ1) is 15.7. The zero-order chi connectivity index (χ0) is 22.1. The Morgan fingerprint density at radius 1 is 1.06 bits per heavy atom. The number of nitrogens with zero attached hydrogens (tertiary/aromatic N) is 5. The first-order valence-electron chi connectivity index (χ1n) is 10.5. The third-order valence-electron chi connectivity index (χ3n) is 5.71. The van der Waals surface area contributed by atoms with Crippen molar-refractivity contribution in [3.05, 3.63) is 42.2 Å². The number of anilines is 1. The number of fused-ring (bicyclic) bond motifs is 1. The Bertz CT molecular complexity index is 1060. The SMILES string of the molecule is OC[C@H]1O[C@@H](n2c(N3CCOCC3)nc3c(SCc4ccccc4)ncnc32)[C@H](O)[C@@H]1O. The van der Waals surface area contributed by atoms with Crippen LogP contribution in [0.15, 0.2) is 41.7 Å². The maximum Gasteiger partial charge on any atom is 0.210 e. The number of imidazole rings is 1. The summed E-state index contributed by atoms with van der Waals surface area (Å²) in [5, 5.41) is 31.3. The number of aliphatic hydroxyl groups is 3. The predicted octanol–water partition coefficient (Wildman–Crippen LogP) is 0.567. The lowest BCUT2D eigenvalue weighted by molar-refractivity contribution is -0.0506. The molecule has 4 atom stereocenters. The normalized spacial score (nSPS) is 26.2. The molecule has 170 valence electrons. The number of morpholine rings is 1. The van der Waals surface area contributed by atoms with Gasteiger partial charge < -0.3 is 29.7 Å². The number of hydrogen-bond acceptors (Lipinski definition) is 10. The highest BCUT2D eigenvalue weighted by atomic mass is 32.2. The van der Waals surface area contributed by atoms with Crippen LogP contribution in [0.2, 0.25) is 0 Å². The average Bonchev–Trinajstić information content (AvgIpc) is 3.36. The highest BCUT2D eigenvalue weighted by Crippen LogP contribution is 2.37. The lowest BCUT2D eigenvalue weighted by atomic mass is 10.1. The van der Waals surface area contributed by atoms with Crippen molar-refractivity contribution in [3.63, 3.8) is 0 Å². The summed E-state index contributed by atoms with van der Waals surface area (Å²) < 4.78 is 13.0. The van der Waals surface area contributed by atoms with Gasteiger partial charge in [0.1, 0.15) is 35.2 Å². The Kier molecular flexibility index (Phi) is 6.26. The third-order valence-corrected chi connectivity index (χ3v) is 6.76. The van der Waals surface area contributed by atoms with E-state index in [-0.39, 0.29) is 0 Å². The molecular formula is C21H25N5O5S. The van der Waals surface area contributed by atoms with E-state index in [9.17, 15) is 15.3 Å². The first-order valence-corrected chi connectivity index (χ1v) is 11.5. The molecule has 2 fully saturated rings. The van der Waals surface area contributed by atoms with Gasteiger partial charge in [-0.1, -0.05) is 42.1 Å². The van der Waals surface area contributed by atoms with Crippen molar-refractivity contribution in [1.82, 2.24) is 19.5 Å². The second kappa shape index (κ2) is 9.30. The molecular weight excluding hydrogens is 434 g/mol. The lowest BCUT2D eigenvalue weighted by Crippen LogP contribution is -2.39. The van der Waals surface area contributed by atoms with E-state index in [1.807, 2.05) is 23.1 Å². The van der Waals surface area contributed by atoms with Crippen LogP contribution in [-0.2, 0) is 15.2 Å². The zero-order valence-electron chi connectivity index (χ0n) is 17.3. The van der Waals surface area contributed by atoms with Gasteiger partial charge in [-0.15, -0.1) is 0 Å². The molecule has 2 aliphatic rings. The minimum absolute atomic E-state index is 0.401. The smallest absolute Gasteiger partial charge is 0.210 e. The molecule has 0 saturated carbocycles. The molecule has 2 aliphatic heterocycles. The van der Waals surface area contributed by atoms with Gasteiger partial charge in [0.05, 0.1) is 19.8 Å². The van der Waals surface area contributed by atoms with Crippen molar-refractivity contribution in [1.29, 1.82) is 0 Å². The van der Waals surface area contributed by atoms with Crippen LogP contribution in [0.5, 0.6) is 0 Å². The molecule has 4 heterocycles. The summed E-state index contributed by atoms with van der Waals surface area (Å²) in [6.45, 7) is 1.96. The minimum Gasteiger partial charge on any atom is -0.394 e. The predicted molar refractivity (Wildman–Crippen MR) is 117 cm³/mol. The van der Waals surface area contributed by atoms with Gasteiger partial charge in [-0.3, -0.25) is 4.57 Å². The summed E-state index contributed by atoms with van der Waals surface area (Å²) in [5.41, 5.74) is 2.28. The molecule has 2 saturated heterocycles. The number of aromatic nitrogens is 4. The molecule has 3 N–H and O–H groups in total. The van der Waals surface area contributed by atoms with Gasteiger partial charge in [0.2, 0.25) is 5.95 Å². The van der Waals surface area contributed by atoms with E-state index in [1.165, 1.54) is 11.9 Å². The average molecular weight is 460 g/mol. The number of rotatable bonds is 6. The van der Waals surface area contributed by atoms with Gasteiger partial charge in [0, 0.05) is 18.8 Å². The second-order valence-corrected chi connectivity index (χ2v) is 8.70. The first kappa shape index (κ1) is 21.6. The molecule has 0 aliphatic carbocycles. The Morgan fingerprint density at radius 2 is 1.84 bits per heavy atom. The van der Waals surface area contributed by atoms with E-state index >= 15 is 0 Å². The van der Waals surface area contributed by atoms with Gasteiger partial charge in [-0.05, 0) is 5.56 Å². The molecule has 32 heavy (non-hydrogen) atoms. The molecule has 11 heteroatoms. The number of aliphatic hydroxyl groups excluding tert-OH is 3. The van der Waals surface area contributed by atoms with E-state index in [1.54, 1.807) is 16.3 Å². The summed E-state index contributed by atoms with van der Waals surface area (Å²) in [4.78, 5) is 15.8. The minimum atomic E-state index is -1.24. The van der Waals surface area contributed by atoms with Gasteiger partial charge in [0.15, 0.2) is 11.9 Å². The Morgan fingerprint density at radius 3 is 2.56 bits per heavy atom. The molecule has 1 aromatic carbocycles. The number of benzene rings is 1. The highest BCUT2D eigenvalue weighted by molar-refractivity contribution is 7.98. The standard InChI is InChI=1S/C21H25N5O5S/c27-10-14-16(28)17(29)20(31-14)26-18-15(24-21(26)25-6-8-30-9-7-25)19(23-12-22-18)32-11-13-4-2-1-3-5-13/h1-5,12,14,16-17,20,27-29H,6-11H2/t14-,16-,17-,20-/m1/s1. The molecule has 0 spiro atoms. The lowest BCUT2D eigenvalue weighted by Gasteiger charge is -2.30. The van der Waals surface area contributed by atoms with E-state index in [4.69, 9.17) is 14.5 Å². The summed E-state index contributed by atoms with van der Waals surface area (Å²) in [6, 6.07) is 10.1. The number of hydrogen-bond donors (Lipinski definition) is 3. The molecule has 0 amide bonds. The zero-order valence-corrected chi connectivity index (χ0v) is 18.1. The topological polar surface area (TPSA) is 126 Å². The molecule has 3 aromatic rings. The van der Waals surface area contributed by atoms with E-state index in [2.05, 4.69) is 22.1 Å². The van der Waals surface area contributed by atoms with Crippen molar-refractivity contribution in [2.75, 3.05) is 37.8 Å². The van der Waals surface area contributed by atoms with E-state index in [0.29, 0.717) is 43.4 Å². The van der Waals surface area contributed by atoms with Crippen molar-refractivity contribution in [2.24, 2.45) is 0 Å². The van der Waals surface area contributed by atoms with Crippen LogP contribution >= 0.6 is 11.8 Å². The molecule has 0 bridgehead atoms. The molecule has 0 radical (unpaired) electrons. The summed E-state index contributed by atoms with van der Waals surface area (Å²) >= 11 is 1.56. The highest BCUT2D eigenvalue weighted by Gasteiger charge is 2.45. The fourth-order valence-electron chi connectivity index (χ4n) is 4.02. The summed E-state index contributed by atoms with van der Waals surface area (Å²) in [6.07, 6.45) is -2.81. The molecule has 2 aromatic heterocycles. The number of thioether (sulfide) groups is 1. The van der Waals surface area contributed by atoms with Gasteiger partial charge >= 0.3 is 0 Å². The maximum absolute atomic E-state index is 10.7. The van der Waals surface area contributed by atoms with Crippen LogP contribution in [0.25, 0.3) is 11.2 Å². The van der Waals surface area contributed by atoms with Crippen molar-refractivity contribution < 1.29 is 24.8 Å². The fourth-order valence-corrected chi connectivity index (χ4v) is 4.91. The molecule has 5 rings (SSSR count). The second-order valence-electron chi connectivity index (χ2n) is 7.74. The van der Waals surface area contributed by atoms with Crippen LogP contribution in [0.1, 0.15) is 11.8 Å². The third kappa shape index (κ3) is 3.96. The maximum atomic E-state index is 10.7.